The molecular formula is C10H9NO3S. The number of rotatable bonds is 3. The van der Waals surface area contributed by atoms with Gasteiger partial charge in [-0.05, 0) is 24.4 Å². The highest BCUT2D eigenvalue weighted by molar-refractivity contribution is 7.17. The standard InChI is InChI=1S/C10H9NO3S/c1-6(10(12)13)14-9-7-3-5-15-8(7)2-4-11-9/h2-6H,1H3,(H,12,13). The van der Waals surface area contributed by atoms with E-state index in [0.717, 1.165) is 10.1 Å². The summed E-state index contributed by atoms with van der Waals surface area (Å²) in [6, 6.07) is 3.75. The molecule has 2 rings (SSSR count). The molecule has 78 valence electrons. The van der Waals surface area contributed by atoms with Gasteiger partial charge in [0.2, 0.25) is 5.88 Å². The topological polar surface area (TPSA) is 59.4 Å². The van der Waals surface area contributed by atoms with Gasteiger partial charge in [0.25, 0.3) is 0 Å². The van der Waals surface area contributed by atoms with Crippen molar-refractivity contribution in [2.45, 2.75) is 13.0 Å². The molecule has 0 bridgehead atoms. The molecule has 0 radical (unpaired) electrons. The van der Waals surface area contributed by atoms with Crippen LogP contribution in [0.25, 0.3) is 10.1 Å². The predicted molar refractivity (Wildman–Crippen MR) is 57.3 cm³/mol. The lowest BCUT2D eigenvalue weighted by molar-refractivity contribution is -0.144. The summed E-state index contributed by atoms with van der Waals surface area (Å²) in [5.74, 6) is -0.618. The van der Waals surface area contributed by atoms with Crippen molar-refractivity contribution >= 4 is 27.4 Å². The van der Waals surface area contributed by atoms with Crippen molar-refractivity contribution in [2.24, 2.45) is 0 Å². The third-order valence-corrected chi connectivity index (χ3v) is 2.86. The zero-order chi connectivity index (χ0) is 10.8. The number of hydrogen-bond donors (Lipinski definition) is 1. The molecule has 2 aromatic heterocycles. The van der Waals surface area contributed by atoms with Crippen LogP contribution in [0.3, 0.4) is 0 Å². The molecule has 0 fully saturated rings. The molecule has 1 atom stereocenters. The van der Waals surface area contributed by atoms with Crippen LogP contribution in [-0.2, 0) is 4.79 Å². The Morgan fingerprint density at radius 3 is 3.13 bits per heavy atom. The lowest BCUT2D eigenvalue weighted by Gasteiger charge is -2.09. The van der Waals surface area contributed by atoms with Crippen LogP contribution in [0.5, 0.6) is 5.88 Å². The minimum atomic E-state index is -0.996. The van der Waals surface area contributed by atoms with Gasteiger partial charge in [-0.3, -0.25) is 0 Å². The Kier molecular flexibility index (Phi) is 2.55. The van der Waals surface area contributed by atoms with Gasteiger partial charge in [0.15, 0.2) is 6.10 Å². The molecule has 2 aromatic rings. The molecule has 1 N–H and O–H groups in total. The number of pyridine rings is 1. The third-order valence-electron chi connectivity index (χ3n) is 1.98. The van der Waals surface area contributed by atoms with E-state index in [2.05, 4.69) is 4.98 Å². The average molecular weight is 223 g/mol. The molecule has 5 heteroatoms. The summed E-state index contributed by atoms with van der Waals surface area (Å²) < 4.78 is 6.28. The number of aromatic nitrogens is 1. The number of fused-ring (bicyclic) bond motifs is 1. The Morgan fingerprint density at radius 2 is 2.40 bits per heavy atom. The minimum absolute atomic E-state index is 0.378. The van der Waals surface area contributed by atoms with Crippen molar-refractivity contribution in [3.63, 3.8) is 0 Å². The van der Waals surface area contributed by atoms with Gasteiger partial charge in [0, 0.05) is 10.9 Å². The Balaban J connectivity index is 2.35. The number of aliphatic carboxylic acids is 1. The van der Waals surface area contributed by atoms with E-state index in [1.165, 1.54) is 6.92 Å². The lowest BCUT2D eigenvalue weighted by atomic mass is 10.3. The van der Waals surface area contributed by atoms with Crippen LogP contribution >= 0.6 is 11.3 Å². The molecule has 0 spiro atoms. The lowest BCUT2D eigenvalue weighted by Crippen LogP contribution is -2.23. The Labute approximate surface area is 90.1 Å². The van der Waals surface area contributed by atoms with E-state index < -0.39 is 12.1 Å². The second-order valence-electron chi connectivity index (χ2n) is 3.05. The predicted octanol–water partition coefficient (Wildman–Crippen LogP) is 2.15. The van der Waals surface area contributed by atoms with Crippen molar-refractivity contribution in [3.05, 3.63) is 23.7 Å². The van der Waals surface area contributed by atoms with Gasteiger partial charge in [-0.1, -0.05) is 0 Å². The monoisotopic (exact) mass is 223 g/mol. The van der Waals surface area contributed by atoms with Crippen molar-refractivity contribution in [1.29, 1.82) is 0 Å². The largest absolute Gasteiger partial charge is 0.479 e. The zero-order valence-electron chi connectivity index (χ0n) is 8.01. The maximum Gasteiger partial charge on any atom is 0.344 e. The van der Waals surface area contributed by atoms with Gasteiger partial charge < -0.3 is 9.84 Å². The molecule has 0 aromatic carbocycles. The number of carbonyl (C=O) groups is 1. The van der Waals surface area contributed by atoms with Crippen molar-refractivity contribution < 1.29 is 14.6 Å². The van der Waals surface area contributed by atoms with Crippen molar-refractivity contribution in [1.82, 2.24) is 4.98 Å². The van der Waals surface area contributed by atoms with Gasteiger partial charge in [0.05, 0.1) is 5.39 Å². The molecule has 0 aliphatic rings. The van der Waals surface area contributed by atoms with Gasteiger partial charge in [0.1, 0.15) is 0 Å². The van der Waals surface area contributed by atoms with Gasteiger partial charge in [-0.25, -0.2) is 9.78 Å². The number of ether oxygens (including phenoxy) is 1. The second-order valence-corrected chi connectivity index (χ2v) is 3.99. The van der Waals surface area contributed by atoms with Gasteiger partial charge in [-0.15, -0.1) is 11.3 Å². The minimum Gasteiger partial charge on any atom is -0.479 e. The summed E-state index contributed by atoms with van der Waals surface area (Å²) in [6.07, 6.45) is 0.728. The van der Waals surface area contributed by atoms with Crippen molar-refractivity contribution in [2.75, 3.05) is 0 Å². The van der Waals surface area contributed by atoms with Gasteiger partial charge in [-0.2, -0.15) is 0 Å². The molecular weight excluding hydrogens is 214 g/mol. The highest BCUT2D eigenvalue weighted by Crippen LogP contribution is 2.27. The molecule has 0 saturated heterocycles. The number of carboxylic acid groups (broad SMARTS) is 1. The van der Waals surface area contributed by atoms with Crippen LogP contribution in [0.4, 0.5) is 0 Å². The van der Waals surface area contributed by atoms with Crippen LogP contribution in [0.2, 0.25) is 0 Å². The zero-order valence-corrected chi connectivity index (χ0v) is 8.82. The fourth-order valence-corrected chi connectivity index (χ4v) is 1.95. The highest BCUT2D eigenvalue weighted by Gasteiger charge is 2.15. The van der Waals surface area contributed by atoms with Gasteiger partial charge >= 0.3 is 5.97 Å². The van der Waals surface area contributed by atoms with E-state index in [0.29, 0.717) is 5.88 Å². The van der Waals surface area contributed by atoms with E-state index in [1.54, 1.807) is 17.5 Å². The quantitative estimate of drug-likeness (QED) is 0.866. The fourth-order valence-electron chi connectivity index (χ4n) is 1.18. The summed E-state index contributed by atoms with van der Waals surface area (Å²) in [7, 11) is 0. The Morgan fingerprint density at radius 1 is 1.60 bits per heavy atom. The third kappa shape index (κ3) is 1.92. The van der Waals surface area contributed by atoms with Crippen LogP contribution in [0.15, 0.2) is 23.7 Å². The number of carboxylic acids is 1. The first-order valence-electron chi connectivity index (χ1n) is 4.40. The van der Waals surface area contributed by atoms with E-state index in [4.69, 9.17) is 9.84 Å². The second kappa shape index (κ2) is 3.86. The smallest absolute Gasteiger partial charge is 0.344 e. The first kappa shape index (κ1) is 9.92. The molecule has 0 aliphatic heterocycles. The number of hydrogen-bond acceptors (Lipinski definition) is 4. The van der Waals surface area contributed by atoms with E-state index in [1.807, 2.05) is 17.5 Å². The summed E-state index contributed by atoms with van der Waals surface area (Å²) in [5.41, 5.74) is 0. The molecule has 2 heterocycles. The Bertz CT molecular complexity index is 494. The normalized spacial score (nSPS) is 12.6. The maximum absolute atomic E-state index is 10.6. The Hall–Kier alpha value is -1.62. The number of thiophene rings is 1. The van der Waals surface area contributed by atoms with Crippen LogP contribution in [-0.4, -0.2) is 22.2 Å². The molecule has 4 nitrogen and oxygen atoms in total. The molecule has 15 heavy (non-hydrogen) atoms. The van der Waals surface area contributed by atoms with Crippen LogP contribution < -0.4 is 4.74 Å². The van der Waals surface area contributed by atoms with E-state index in [9.17, 15) is 4.79 Å². The molecule has 1 unspecified atom stereocenters. The fraction of sp³-hybridized carbons (Fsp3) is 0.200. The highest BCUT2D eigenvalue weighted by atomic mass is 32.1. The van der Waals surface area contributed by atoms with Crippen molar-refractivity contribution in [3.8, 4) is 5.88 Å². The summed E-state index contributed by atoms with van der Waals surface area (Å²) in [6.45, 7) is 1.48. The molecule has 0 saturated carbocycles. The van der Waals surface area contributed by atoms with E-state index >= 15 is 0 Å². The maximum atomic E-state index is 10.6. The van der Waals surface area contributed by atoms with E-state index in [-0.39, 0.29) is 0 Å². The SMILES string of the molecule is CC(Oc1nccc2sccc12)C(=O)O. The average Bonchev–Trinajstić information content (AvgIpc) is 2.66. The first-order valence-corrected chi connectivity index (χ1v) is 5.28. The van der Waals surface area contributed by atoms with Crippen LogP contribution in [0.1, 0.15) is 6.92 Å². The van der Waals surface area contributed by atoms with Crippen LogP contribution in [0, 0.1) is 0 Å². The number of nitrogens with zero attached hydrogens (tertiary/aromatic N) is 1. The summed E-state index contributed by atoms with van der Waals surface area (Å²) in [4.78, 5) is 14.7. The first-order chi connectivity index (χ1) is 7.18. The summed E-state index contributed by atoms with van der Waals surface area (Å²) in [5, 5.41) is 11.5. The summed E-state index contributed by atoms with van der Waals surface area (Å²) >= 11 is 1.57. The molecule has 0 amide bonds. The molecule has 0 aliphatic carbocycles.